The van der Waals surface area contributed by atoms with Crippen LogP contribution >= 0.6 is 0 Å². The molecular weight excluding hydrogens is 280 g/mol. The molecule has 1 heterocycles. The van der Waals surface area contributed by atoms with Crippen molar-refractivity contribution in [1.29, 1.82) is 0 Å². The van der Waals surface area contributed by atoms with E-state index >= 15 is 0 Å². The maximum atomic E-state index is 10.5. The summed E-state index contributed by atoms with van der Waals surface area (Å²) in [6.07, 6.45) is 0.787. The third-order valence-electron chi connectivity index (χ3n) is 3.80. The normalized spacial score (nSPS) is 13.8. The fourth-order valence-corrected chi connectivity index (χ4v) is 2.59. The summed E-state index contributed by atoms with van der Waals surface area (Å²) < 4.78 is 0. The van der Waals surface area contributed by atoms with Crippen molar-refractivity contribution in [3.05, 3.63) is 28.3 Å². The van der Waals surface area contributed by atoms with E-state index in [1.807, 2.05) is 6.92 Å². The number of amidine groups is 1. The Kier molecular flexibility index (Phi) is 5.97. The number of nitrogens with one attached hydrogen (secondary N) is 1. The summed E-state index contributed by atoms with van der Waals surface area (Å²) >= 11 is 0. The van der Waals surface area contributed by atoms with Gasteiger partial charge >= 0.3 is 0 Å². The molecule has 2 rings (SSSR count). The van der Waals surface area contributed by atoms with Crippen molar-refractivity contribution < 1.29 is 15.0 Å². The van der Waals surface area contributed by atoms with Gasteiger partial charge in [0.2, 0.25) is 0 Å². The zero-order valence-corrected chi connectivity index (χ0v) is 14.0. The van der Waals surface area contributed by atoms with E-state index in [0.717, 1.165) is 36.5 Å². The summed E-state index contributed by atoms with van der Waals surface area (Å²) in [6.45, 7) is 12.0. The molecule has 1 aliphatic heterocycles. The number of hydrogen-bond donors (Lipinski definition) is 3. The van der Waals surface area contributed by atoms with Gasteiger partial charge in [-0.25, -0.2) is 0 Å². The van der Waals surface area contributed by atoms with E-state index in [4.69, 9.17) is 9.90 Å². The van der Waals surface area contributed by atoms with Crippen LogP contribution in [0.15, 0.2) is 11.1 Å². The summed E-state index contributed by atoms with van der Waals surface area (Å²) in [7, 11) is 0. The van der Waals surface area contributed by atoms with E-state index in [9.17, 15) is 5.11 Å². The summed E-state index contributed by atoms with van der Waals surface area (Å²) in [6, 6.07) is 2.12. The largest absolute Gasteiger partial charge is 0.507 e. The fraction of sp³-hybridized carbons (Fsp3) is 0.529. The van der Waals surface area contributed by atoms with E-state index in [1.54, 1.807) is 0 Å². The number of carbonyl (C=O) groups is 1. The Hall–Kier alpha value is -2.04. The molecule has 0 saturated heterocycles. The van der Waals surface area contributed by atoms with Crippen LogP contribution in [0.25, 0.3) is 0 Å². The van der Waals surface area contributed by atoms with Crippen molar-refractivity contribution in [1.82, 2.24) is 5.32 Å². The van der Waals surface area contributed by atoms with E-state index < -0.39 is 0 Å². The standard InChI is InChI=1S/C16H24N2O.CH2O2/c1-10-8-13(16(3,4)5)15(19)11(2)12(10)9-14-17-6-7-18-14;2-1-3/h8,19H,6-7,9H2,1-5H3,(H,17,18);1H,(H,2,3). The molecule has 0 radical (unpaired) electrons. The van der Waals surface area contributed by atoms with Gasteiger partial charge in [-0.2, -0.15) is 0 Å². The van der Waals surface area contributed by atoms with Crippen molar-refractivity contribution >= 4 is 12.3 Å². The molecule has 5 nitrogen and oxygen atoms in total. The van der Waals surface area contributed by atoms with Crippen LogP contribution in [-0.4, -0.2) is 35.6 Å². The third-order valence-corrected chi connectivity index (χ3v) is 3.80. The van der Waals surface area contributed by atoms with Crippen molar-refractivity contribution in [3.8, 4) is 5.75 Å². The quantitative estimate of drug-likeness (QED) is 0.733. The molecule has 22 heavy (non-hydrogen) atoms. The lowest BCUT2D eigenvalue weighted by molar-refractivity contribution is -0.122. The molecule has 0 unspecified atom stereocenters. The van der Waals surface area contributed by atoms with Crippen molar-refractivity contribution in [2.45, 2.75) is 46.5 Å². The molecule has 0 bridgehead atoms. The number of aromatic hydroxyl groups is 1. The minimum atomic E-state index is -0.250. The maximum Gasteiger partial charge on any atom is 0.290 e. The molecule has 0 spiro atoms. The fourth-order valence-electron chi connectivity index (χ4n) is 2.59. The van der Waals surface area contributed by atoms with Gasteiger partial charge in [0.25, 0.3) is 6.47 Å². The van der Waals surface area contributed by atoms with E-state index in [1.165, 1.54) is 11.1 Å². The summed E-state index contributed by atoms with van der Waals surface area (Å²) in [5.41, 5.74) is 4.39. The van der Waals surface area contributed by atoms with E-state index in [0.29, 0.717) is 5.75 Å². The number of carboxylic acid groups (broad SMARTS) is 1. The molecule has 0 saturated carbocycles. The predicted octanol–water partition coefficient (Wildman–Crippen LogP) is 2.55. The average Bonchev–Trinajstić information content (AvgIpc) is 2.91. The van der Waals surface area contributed by atoms with Gasteiger partial charge in [0, 0.05) is 13.0 Å². The lowest BCUT2D eigenvalue weighted by Crippen LogP contribution is -2.22. The maximum absolute atomic E-state index is 10.5. The molecule has 3 N–H and O–H groups in total. The highest BCUT2D eigenvalue weighted by Gasteiger charge is 2.22. The van der Waals surface area contributed by atoms with Crippen molar-refractivity contribution in [2.75, 3.05) is 13.1 Å². The molecule has 5 heteroatoms. The van der Waals surface area contributed by atoms with Gasteiger partial charge in [-0.15, -0.1) is 0 Å². The van der Waals surface area contributed by atoms with Gasteiger partial charge in [-0.1, -0.05) is 26.8 Å². The van der Waals surface area contributed by atoms with Crippen LogP contribution < -0.4 is 5.32 Å². The molecule has 0 aromatic heterocycles. The van der Waals surface area contributed by atoms with Crippen LogP contribution in [0.3, 0.4) is 0 Å². The van der Waals surface area contributed by atoms with Gasteiger partial charge in [-0.05, 0) is 41.5 Å². The van der Waals surface area contributed by atoms with Gasteiger partial charge < -0.3 is 15.5 Å². The number of hydrogen-bond acceptors (Lipinski definition) is 4. The van der Waals surface area contributed by atoms with Crippen LogP contribution in [0, 0.1) is 13.8 Å². The number of aryl methyl sites for hydroxylation is 1. The van der Waals surface area contributed by atoms with Crippen LogP contribution in [0.2, 0.25) is 0 Å². The Morgan fingerprint density at radius 3 is 2.41 bits per heavy atom. The van der Waals surface area contributed by atoms with Crippen molar-refractivity contribution in [2.24, 2.45) is 4.99 Å². The van der Waals surface area contributed by atoms with Gasteiger partial charge in [0.15, 0.2) is 0 Å². The van der Waals surface area contributed by atoms with Crippen LogP contribution in [0.4, 0.5) is 0 Å². The molecule has 122 valence electrons. The minimum Gasteiger partial charge on any atom is -0.507 e. The zero-order valence-electron chi connectivity index (χ0n) is 14.0. The van der Waals surface area contributed by atoms with Gasteiger partial charge in [-0.3, -0.25) is 9.79 Å². The predicted molar refractivity (Wildman–Crippen MR) is 89.0 cm³/mol. The molecule has 1 aromatic carbocycles. The van der Waals surface area contributed by atoms with Gasteiger partial charge in [0.1, 0.15) is 11.6 Å². The van der Waals surface area contributed by atoms with Gasteiger partial charge in [0.05, 0.1) is 6.54 Å². The Bertz CT molecular complexity index is 572. The minimum absolute atomic E-state index is 0.0404. The second-order valence-corrected chi connectivity index (χ2v) is 6.48. The summed E-state index contributed by atoms with van der Waals surface area (Å²) in [5, 5.41) is 20.6. The summed E-state index contributed by atoms with van der Waals surface area (Å²) in [5.74, 6) is 1.47. The first kappa shape index (κ1) is 18.0. The van der Waals surface area contributed by atoms with Crippen LogP contribution in [-0.2, 0) is 16.6 Å². The monoisotopic (exact) mass is 306 g/mol. The first-order valence-corrected chi connectivity index (χ1v) is 7.40. The van der Waals surface area contributed by atoms with Crippen molar-refractivity contribution in [3.63, 3.8) is 0 Å². The molecule has 1 aromatic rings. The number of nitrogens with zero attached hydrogens (tertiary/aromatic N) is 1. The SMILES string of the molecule is Cc1cc(C(C)(C)C)c(O)c(C)c1CC1=NCCN1.O=CO. The lowest BCUT2D eigenvalue weighted by Gasteiger charge is -2.24. The first-order valence-electron chi connectivity index (χ1n) is 7.40. The molecule has 0 atom stereocenters. The van der Waals surface area contributed by atoms with Crippen LogP contribution in [0.5, 0.6) is 5.75 Å². The first-order chi connectivity index (χ1) is 10.2. The molecule has 0 aliphatic carbocycles. The second kappa shape index (κ2) is 7.29. The third kappa shape index (κ3) is 4.23. The number of phenolic OH excluding ortho intramolecular Hbond substituents is 1. The molecule has 0 fully saturated rings. The Morgan fingerprint density at radius 1 is 1.36 bits per heavy atom. The second-order valence-electron chi connectivity index (χ2n) is 6.48. The number of phenols is 1. The van der Waals surface area contributed by atoms with E-state index in [2.05, 4.69) is 44.1 Å². The highest BCUT2D eigenvalue weighted by Crippen LogP contribution is 2.36. The lowest BCUT2D eigenvalue weighted by atomic mass is 9.82. The highest BCUT2D eigenvalue weighted by atomic mass is 16.3. The number of benzene rings is 1. The smallest absolute Gasteiger partial charge is 0.290 e. The highest BCUT2D eigenvalue weighted by molar-refractivity contribution is 5.86. The molecule has 0 amide bonds. The number of rotatable bonds is 2. The number of aliphatic imine (C=N–C) groups is 1. The topological polar surface area (TPSA) is 81.9 Å². The Morgan fingerprint density at radius 2 is 1.95 bits per heavy atom. The van der Waals surface area contributed by atoms with E-state index in [-0.39, 0.29) is 11.9 Å². The molecule has 1 aliphatic rings. The Labute approximate surface area is 132 Å². The zero-order chi connectivity index (χ0) is 16.9. The Balaban J connectivity index is 0.000000745. The van der Waals surface area contributed by atoms with Crippen LogP contribution in [0.1, 0.15) is 43.0 Å². The molecular formula is C17H26N2O3. The summed E-state index contributed by atoms with van der Waals surface area (Å²) in [4.78, 5) is 12.8. The average molecular weight is 306 g/mol.